The van der Waals surface area contributed by atoms with E-state index in [-0.39, 0.29) is 5.60 Å². The zero-order valence-corrected chi connectivity index (χ0v) is 10.5. The maximum absolute atomic E-state index is 5.47. The van der Waals surface area contributed by atoms with Crippen LogP contribution in [0.25, 0.3) is 0 Å². The maximum atomic E-state index is 5.47. The van der Waals surface area contributed by atoms with Gasteiger partial charge in [0.25, 0.3) is 0 Å². The summed E-state index contributed by atoms with van der Waals surface area (Å²) in [7, 11) is 0. The van der Waals surface area contributed by atoms with Gasteiger partial charge in [0.05, 0.1) is 0 Å². The van der Waals surface area contributed by atoms with Crippen molar-refractivity contribution in [2.24, 2.45) is 0 Å². The lowest BCUT2D eigenvalue weighted by atomic mass is 10.2. The highest BCUT2D eigenvalue weighted by atomic mass is 16.5. The topological polar surface area (TPSA) is 9.23 Å². The van der Waals surface area contributed by atoms with E-state index in [0.717, 1.165) is 5.57 Å². The van der Waals surface area contributed by atoms with Crippen LogP contribution in [0.5, 0.6) is 0 Å². The van der Waals surface area contributed by atoms with Gasteiger partial charge >= 0.3 is 0 Å². The van der Waals surface area contributed by atoms with Crippen LogP contribution in [0.2, 0.25) is 0 Å². The first-order valence-corrected chi connectivity index (χ1v) is 5.03. The normalized spacial score (nSPS) is 10.4. The van der Waals surface area contributed by atoms with Crippen molar-refractivity contribution in [3.05, 3.63) is 36.6 Å². The quantitative estimate of drug-likeness (QED) is 0.478. The molecule has 0 unspecified atom stereocenters. The smallest absolute Gasteiger partial charge is 0.112 e. The summed E-state index contributed by atoms with van der Waals surface area (Å²) in [5.41, 5.74) is 0.824. The monoisotopic (exact) mass is 196 g/mol. The fourth-order valence-electron chi connectivity index (χ4n) is 0.663. The Bertz CT molecular complexity index is 204. The highest BCUT2D eigenvalue weighted by molar-refractivity contribution is 5.19. The predicted molar refractivity (Wildman–Crippen MR) is 65.3 cm³/mol. The number of hydrogen-bond acceptors (Lipinski definition) is 1. The van der Waals surface area contributed by atoms with Crippen LogP contribution >= 0.6 is 0 Å². The number of rotatable bonds is 3. The first-order valence-electron chi connectivity index (χ1n) is 5.03. The summed E-state index contributed by atoms with van der Waals surface area (Å²) in [6.45, 7) is 19.4. The van der Waals surface area contributed by atoms with Gasteiger partial charge in [-0.25, -0.2) is 0 Å². The van der Waals surface area contributed by atoms with Gasteiger partial charge in [-0.1, -0.05) is 38.7 Å². The molecular weight excluding hydrogens is 172 g/mol. The van der Waals surface area contributed by atoms with Crippen LogP contribution in [0.3, 0.4) is 0 Å². The SMILES string of the molecule is C=C(C)/C=C\C(=C)OC(C)(C)C.CC. The number of hydrogen-bond donors (Lipinski definition) is 0. The van der Waals surface area contributed by atoms with Gasteiger partial charge in [-0.3, -0.25) is 0 Å². The molecule has 0 spiro atoms. The zero-order chi connectivity index (χ0) is 11.8. The second kappa shape index (κ2) is 7.43. The molecule has 0 N–H and O–H groups in total. The lowest BCUT2D eigenvalue weighted by molar-refractivity contribution is 0.0609. The van der Waals surface area contributed by atoms with E-state index in [1.807, 2.05) is 53.7 Å². The first kappa shape index (κ1) is 15.5. The maximum Gasteiger partial charge on any atom is 0.112 e. The third-order valence-corrected chi connectivity index (χ3v) is 0.991. The van der Waals surface area contributed by atoms with Crippen LogP contribution in [0, 0.1) is 0 Å². The van der Waals surface area contributed by atoms with Crippen molar-refractivity contribution >= 4 is 0 Å². The van der Waals surface area contributed by atoms with Crippen LogP contribution in [0.1, 0.15) is 41.5 Å². The zero-order valence-electron chi connectivity index (χ0n) is 10.5. The molecule has 0 saturated heterocycles. The van der Waals surface area contributed by atoms with Crippen molar-refractivity contribution in [2.45, 2.75) is 47.1 Å². The van der Waals surface area contributed by atoms with Crippen molar-refractivity contribution in [2.75, 3.05) is 0 Å². The lowest BCUT2D eigenvalue weighted by Crippen LogP contribution is -2.17. The Hall–Kier alpha value is -0.980. The van der Waals surface area contributed by atoms with Crippen molar-refractivity contribution in [1.82, 2.24) is 0 Å². The molecule has 0 aromatic heterocycles. The fourth-order valence-corrected chi connectivity index (χ4v) is 0.663. The molecule has 0 radical (unpaired) electrons. The average Bonchev–Trinajstić information content (AvgIpc) is 2.02. The van der Waals surface area contributed by atoms with Crippen LogP contribution in [-0.2, 0) is 4.74 Å². The van der Waals surface area contributed by atoms with Gasteiger partial charge in [0.2, 0.25) is 0 Å². The molecule has 1 heteroatoms. The van der Waals surface area contributed by atoms with E-state index in [2.05, 4.69) is 13.2 Å². The molecule has 0 rings (SSSR count). The van der Waals surface area contributed by atoms with E-state index < -0.39 is 0 Å². The molecule has 0 bridgehead atoms. The highest BCUT2D eigenvalue weighted by Crippen LogP contribution is 2.13. The Labute approximate surface area is 89.2 Å². The molecule has 0 aliphatic rings. The van der Waals surface area contributed by atoms with Crippen molar-refractivity contribution in [1.29, 1.82) is 0 Å². The van der Waals surface area contributed by atoms with Gasteiger partial charge in [0.1, 0.15) is 11.4 Å². The molecule has 1 nitrogen and oxygen atoms in total. The molecular formula is C13H24O. The van der Waals surface area contributed by atoms with Gasteiger partial charge in [-0.2, -0.15) is 0 Å². The van der Waals surface area contributed by atoms with Gasteiger partial charge in [-0.15, -0.1) is 0 Å². The van der Waals surface area contributed by atoms with Crippen molar-refractivity contribution in [3.8, 4) is 0 Å². The molecule has 0 aromatic rings. The third kappa shape index (κ3) is 13.6. The summed E-state index contributed by atoms with van der Waals surface area (Å²) in [5.74, 6) is 0.672. The minimum absolute atomic E-state index is 0.170. The Morgan fingerprint density at radius 1 is 1.07 bits per heavy atom. The molecule has 0 heterocycles. The van der Waals surface area contributed by atoms with E-state index in [4.69, 9.17) is 4.74 Å². The number of ether oxygens (including phenoxy) is 1. The van der Waals surface area contributed by atoms with Crippen molar-refractivity contribution in [3.63, 3.8) is 0 Å². The summed E-state index contributed by atoms with van der Waals surface area (Å²) < 4.78 is 5.47. The molecule has 0 atom stereocenters. The molecule has 0 fully saturated rings. The average molecular weight is 196 g/mol. The summed E-state index contributed by atoms with van der Waals surface area (Å²) in [6.07, 6.45) is 3.71. The minimum atomic E-state index is -0.170. The Balaban J connectivity index is 0. The standard InChI is InChI=1S/C11H18O.C2H6/c1-9(2)7-8-10(3)12-11(4,5)6;1-2/h7-8H,1,3H2,2,4-6H3;1-2H3/b8-7-;. The summed E-state index contributed by atoms with van der Waals surface area (Å²) in [5, 5.41) is 0. The molecule has 0 aliphatic heterocycles. The van der Waals surface area contributed by atoms with Gasteiger partial charge in [0, 0.05) is 0 Å². The van der Waals surface area contributed by atoms with Gasteiger partial charge in [0.15, 0.2) is 0 Å². The van der Waals surface area contributed by atoms with Crippen LogP contribution in [0.15, 0.2) is 36.6 Å². The summed E-state index contributed by atoms with van der Waals surface area (Å²) in [4.78, 5) is 0. The minimum Gasteiger partial charge on any atom is -0.489 e. The Kier molecular flexibility index (Phi) is 8.22. The second-order valence-electron chi connectivity index (χ2n) is 3.86. The fraction of sp³-hybridized carbons (Fsp3) is 0.538. The van der Waals surface area contributed by atoms with E-state index in [1.165, 1.54) is 0 Å². The highest BCUT2D eigenvalue weighted by Gasteiger charge is 2.10. The largest absolute Gasteiger partial charge is 0.489 e. The van der Waals surface area contributed by atoms with E-state index in [1.54, 1.807) is 0 Å². The van der Waals surface area contributed by atoms with Gasteiger partial charge < -0.3 is 4.74 Å². The summed E-state index contributed by atoms with van der Waals surface area (Å²) in [6, 6.07) is 0. The molecule has 82 valence electrons. The van der Waals surface area contributed by atoms with E-state index in [9.17, 15) is 0 Å². The number of allylic oxidation sites excluding steroid dienone is 3. The van der Waals surface area contributed by atoms with Gasteiger partial charge in [-0.05, 0) is 33.8 Å². The van der Waals surface area contributed by atoms with E-state index >= 15 is 0 Å². The van der Waals surface area contributed by atoms with Crippen molar-refractivity contribution < 1.29 is 4.74 Å². The second-order valence-corrected chi connectivity index (χ2v) is 3.86. The molecule has 0 amide bonds. The first-order chi connectivity index (χ1) is 6.31. The third-order valence-electron chi connectivity index (χ3n) is 0.991. The van der Waals surface area contributed by atoms with E-state index in [0.29, 0.717) is 5.76 Å². The molecule has 14 heavy (non-hydrogen) atoms. The molecule has 0 saturated carbocycles. The molecule has 0 aromatic carbocycles. The summed E-state index contributed by atoms with van der Waals surface area (Å²) >= 11 is 0. The Morgan fingerprint density at radius 2 is 1.50 bits per heavy atom. The predicted octanol–water partition coefficient (Wildman–Crippen LogP) is 4.47. The van der Waals surface area contributed by atoms with Crippen LogP contribution in [-0.4, -0.2) is 5.60 Å². The van der Waals surface area contributed by atoms with Crippen LogP contribution < -0.4 is 0 Å². The lowest BCUT2D eigenvalue weighted by Gasteiger charge is -2.21. The van der Waals surface area contributed by atoms with Crippen LogP contribution in [0.4, 0.5) is 0 Å². The molecule has 0 aliphatic carbocycles. The Morgan fingerprint density at radius 3 is 1.79 bits per heavy atom.